The minimum absolute atomic E-state index is 0.0200. The predicted octanol–water partition coefficient (Wildman–Crippen LogP) is 10.7. The molecule has 5 N–H and O–H groups in total. The number of halogens is 6. The van der Waals surface area contributed by atoms with Crippen LogP contribution in [0.25, 0.3) is 21.8 Å². The maximum Gasteiger partial charge on any atom is 0.282 e. The number of nitro benzene ring substituents is 2. The first kappa shape index (κ1) is 40.8. The Morgan fingerprint density at radius 1 is 0.655 bits per heavy atom. The zero-order valence-electron chi connectivity index (χ0n) is 27.7. The van der Waals surface area contributed by atoms with Gasteiger partial charge in [-0.3, -0.25) is 34.6 Å². The van der Waals surface area contributed by atoms with Crippen LogP contribution in [0.3, 0.4) is 0 Å². The van der Waals surface area contributed by atoms with Gasteiger partial charge in [-0.25, -0.2) is 0 Å². The van der Waals surface area contributed by atoms with Crippen molar-refractivity contribution in [1.82, 2.24) is 9.97 Å². The number of carbonyl (C=O) groups excluding carboxylic acids is 1. The number of non-ortho nitro benzene ring substituents is 2. The Morgan fingerprint density at radius 2 is 1.05 bits per heavy atom. The van der Waals surface area contributed by atoms with Crippen LogP contribution in [0.2, 0.25) is 30.1 Å². The number of hydrogen-bond donors (Lipinski definition) is 5. The Labute approximate surface area is 337 Å². The van der Waals surface area contributed by atoms with E-state index in [9.17, 15) is 39.8 Å². The average Bonchev–Trinajstić information content (AvgIpc) is 3.11. The highest BCUT2D eigenvalue weighted by Gasteiger charge is 2.26. The van der Waals surface area contributed by atoms with Crippen LogP contribution in [0.4, 0.5) is 34.4 Å². The van der Waals surface area contributed by atoms with Gasteiger partial charge in [-0.05, 0) is 62.4 Å². The maximum atomic E-state index is 13.1. The van der Waals surface area contributed by atoms with Crippen LogP contribution in [-0.2, 0) is 0 Å². The molecule has 2 heterocycles. The molecule has 0 aliphatic carbocycles. The normalized spacial score (nSPS) is 11.2. The van der Waals surface area contributed by atoms with E-state index in [1.807, 2.05) is 0 Å². The summed E-state index contributed by atoms with van der Waals surface area (Å²) in [4.78, 5) is 65.0. The quantitative estimate of drug-likeness (QED) is 0.0320. The molecule has 0 radical (unpaired) electrons. The van der Waals surface area contributed by atoms with Crippen molar-refractivity contribution < 1.29 is 19.8 Å². The number of oxime groups is 1. The van der Waals surface area contributed by atoms with Gasteiger partial charge in [-0.2, -0.15) is 0 Å². The molecule has 0 saturated heterocycles. The second-order valence-electron chi connectivity index (χ2n) is 11.3. The molecule has 21 heteroatoms. The summed E-state index contributed by atoms with van der Waals surface area (Å²) in [6.45, 7) is 2.56. The van der Waals surface area contributed by atoms with Gasteiger partial charge in [0.2, 0.25) is 10.9 Å². The number of ketones is 1. The zero-order chi connectivity index (χ0) is 40.5. The summed E-state index contributed by atoms with van der Waals surface area (Å²) in [5, 5.41) is 41.7. The number of nitrogens with zero attached hydrogens (tertiary/aromatic N) is 3. The highest BCUT2D eigenvalue weighted by Crippen LogP contribution is 2.35. The second-order valence-corrected chi connectivity index (χ2v) is 13.8. The molecule has 55 heavy (non-hydrogen) atoms. The molecule has 0 bridgehead atoms. The van der Waals surface area contributed by atoms with Crippen LogP contribution in [0.1, 0.15) is 29.8 Å². The molecule has 2 aromatic heterocycles. The van der Waals surface area contributed by atoms with E-state index in [2.05, 4.69) is 25.8 Å². The minimum atomic E-state index is -0.807. The molecule has 4 aromatic carbocycles. The summed E-state index contributed by atoms with van der Waals surface area (Å²) in [6.07, 6.45) is 0. The van der Waals surface area contributed by atoms with E-state index in [1.54, 1.807) is 24.3 Å². The third-order valence-electron chi connectivity index (χ3n) is 7.81. The topological polar surface area (TPSA) is 226 Å². The smallest absolute Gasteiger partial charge is 0.282 e. The fourth-order valence-electron chi connectivity index (χ4n) is 5.36. The van der Waals surface area contributed by atoms with Gasteiger partial charge in [0, 0.05) is 22.2 Å². The predicted molar refractivity (Wildman–Crippen MR) is 216 cm³/mol. The first-order chi connectivity index (χ1) is 25.9. The number of fused-ring (bicyclic) bond motifs is 2. The Bertz CT molecular complexity index is 2760. The van der Waals surface area contributed by atoms with Gasteiger partial charge in [0.1, 0.15) is 28.0 Å². The van der Waals surface area contributed by atoms with Gasteiger partial charge in [0.25, 0.3) is 11.4 Å². The van der Waals surface area contributed by atoms with E-state index in [0.717, 1.165) is 12.1 Å². The van der Waals surface area contributed by atoms with Gasteiger partial charge >= 0.3 is 0 Å². The fourth-order valence-corrected chi connectivity index (χ4v) is 6.68. The molecule has 0 aliphatic rings. The van der Waals surface area contributed by atoms with E-state index in [4.69, 9.17) is 69.6 Å². The summed E-state index contributed by atoms with van der Waals surface area (Å²) in [5.74, 6) is -0.467. The van der Waals surface area contributed by atoms with Crippen LogP contribution < -0.4 is 21.5 Å². The summed E-state index contributed by atoms with van der Waals surface area (Å²) >= 11 is 36.3. The largest absolute Gasteiger partial charge is 0.411 e. The van der Waals surface area contributed by atoms with Crippen molar-refractivity contribution in [1.29, 1.82) is 0 Å². The monoisotopic (exact) mass is 865 g/mol. The first-order valence-corrected chi connectivity index (χ1v) is 17.4. The van der Waals surface area contributed by atoms with E-state index in [0.29, 0.717) is 21.4 Å². The highest BCUT2D eigenvalue weighted by molar-refractivity contribution is 6.38. The molecule has 0 unspecified atom stereocenters. The summed E-state index contributed by atoms with van der Waals surface area (Å²) in [7, 11) is 0. The first-order valence-electron chi connectivity index (χ1n) is 15.1. The van der Waals surface area contributed by atoms with Crippen LogP contribution in [0.5, 0.6) is 0 Å². The number of carbonyl (C=O) groups is 1. The molecule has 282 valence electrons. The van der Waals surface area contributed by atoms with E-state index < -0.39 is 37.9 Å². The number of anilines is 4. The lowest BCUT2D eigenvalue weighted by atomic mass is 10.1. The number of benzene rings is 4. The number of nitro groups is 2. The van der Waals surface area contributed by atoms with E-state index in [1.165, 1.54) is 38.1 Å². The second kappa shape index (κ2) is 16.5. The third kappa shape index (κ3) is 8.32. The molecule has 0 aliphatic heterocycles. The minimum Gasteiger partial charge on any atom is -0.411 e. The molecule has 0 atom stereocenters. The average molecular weight is 868 g/mol. The number of aromatic nitrogens is 2. The number of nitrogens with one attached hydrogen (secondary N) is 4. The van der Waals surface area contributed by atoms with E-state index >= 15 is 0 Å². The SMILES string of the molecule is CC(=NO)c1c(Nc2ccc(Cl)cc2Cl)[nH]c2c(Cl)ccc([N+](=O)[O-])c2c1=O.CC(=O)c1c(Nc2ccc(Cl)cc2Cl)[nH]c2c(Cl)ccc([N+](=O)[O-])c2c1=O. The lowest BCUT2D eigenvalue weighted by Gasteiger charge is -2.14. The Morgan fingerprint density at radius 3 is 1.42 bits per heavy atom. The van der Waals surface area contributed by atoms with Gasteiger partial charge in [0.15, 0.2) is 5.78 Å². The van der Waals surface area contributed by atoms with Crippen molar-refractivity contribution in [2.45, 2.75) is 13.8 Å². The number of aromatic amines is 2. The van der Waals surface area contributed by atoms with Crippen LogP contribution >= 0.6 is 69.6 Å². The van der Waals surface area contributed by atoms with Crippen LogP contribution in [0, 0.1) is 20.2 Å². The summed E-state index contributed by atoms with van der Waals surface area (Å²) < 4.78 is 0. The standard InChI is InChI=1S/C17H11Cl3N4O4.C17H10Cl3N3O4/c1-7(23-26)13-16(25)14-12(24(27)28)5-3-9(19)15(14)22-17(13)21-11-4-2-8(18)6-10(11)20;1-7(24)13-16(25)14-12(23(26)27)5-3-9(19)15(14)22-17(13)21-11-4-2-8(18)6-10(11)20/h2-6,26H,1H3,(H2,21,22,25);2-6H,1H3,(H2,21,22,25). The number of H-pyrrole nitrogens is 2. The number of pyridine rings is 2. The third-order valence-corrected chi connectivity index (χ3v) is 9.54. The van der Waals surface area contributed by atoms with Gasteiger partial charge in [-0.15, -0.1) is 0 Å². The highest BCUT2D eigenvalue weighted by atomic mass is 35.5. The van der Waals surface area contributed by atoms with Crippen molar-refractivity contribution in [2.24, 2.45) is 5.16 Å². The Balaban J connectivity index is 0.000000211. The van der Waals surface area contributed by atoms with Crippen molar-refractivity contribution in [3.8, 4) is 0 Å². The van der Waals surface area contributed by atoms with Crippen molar-refractivity contribution in [2.75, 3.05) is 10.6 Å². The lowest BCUT2D eigenvalue weighted by molar-refractivity contribution is -0.383. The van der Waals surface area contributed by atoms with Gasteiger partial charge in [-0.1, -0.05) is 74.8 Å². The van der Waals surface area contributed by atoms with E-state index in [-0.39, 0.29) is 70.4 Å². The molecule has 6 aromatic rings. The summed E-state index contributed by atoms with van der Waals surface area (Å²) in [6, 6.07) is 14.1. The van der Waals surface area contributed by atoms with Crippen molar-refractivity contribution in [3.63, 3.8) is 0 Å². The number of Topliss-reactive ketones (excluding diaryl/α,β-unsaturated/α-hetero) is 1. The number of rotatable bonds is 8. The molecule has 15 nitrogen and oxygen atoms in total. The fraction of sp³-hybridized carbons (Fsp3) is 0.0588. The molecule has 0 saturated carbocycles. The van der Waals surface area contributed by atoms with Gasteiger partial charge in [0.05, 0.1) is 63.6 Å². The van der Waals surface area contributed by atoms with Crippen LogP contribution in [-0.4, -0.2) is 36.5 Å². The maximum absolute atomic E-state index is 13.1. The molecule has 0 amide bonds. The zero-order valence-corrected chi connectivity index (χ0v) is 32.2. The van der Waals surface area contributed by atoms with Gasteiger partial charge < -0.3 is 25.8 Å². The molecule has 0 fully saturated rings. The molecule has 6 rings (SSSR count). The molecule has 0 spiro atoms. The Kier molecular flexibility index (Phi) is 12.2. The summed E-state index contributed by atoms with van der Waals surface area (Å²) in [5.41, 5.74) is -2.00. The van der Waals surface area contributed by atoms with Crippen molar-refractivity contribution in [3.05, 3.63) is 143 Å². The van der Waals surface area contributed by atoms with Crippen molar-refractivity contribution >= 4 is 137 Å². The molecular formula is C34H21Cl6N7O8. The molecular weight excluding hydrogens is 847 g/mol. The van der Waals surface area contributed by atoms with Crippen LogP contribution in [0.15, 0.2) is 75.4 Å². The lowest BCUT2D eigenvalue weighted by Crippen LogP contribution is -2.19. The Hall–Kier alpha value is -5.42. The number of hydrogen-bond acceptors (Lipinski definition) is 11.